The molecule has 2 aliphatic carbocycles. The molecule has 1 N–H and O–H groups in total. The zero-order valence-electron chi connectivity index (χ0n) is 14.1. The molecule has 0 bridgehead atoms. The van der Waals surface area contributed by atoms with Crippen LogP contribution in [0.5, 0.6) is 0 Å². The van der Waals surface area contributed by atoms with Gasteiger partial charge in [0.1, 0.15) is 0 Å². The second-order valence-corrected chi connectivity index (χ2v) is 7.95. The van der Waals surface area contributed by atoms with Crippen molar-refractivity contribution in [2.75, 3.05) is 19.6 Å². The number of hydrogen-bond acceptors (Lipinski definition) is 3. The number of amides is 1. The van der Waals surface area contributed by atoms with Crippen molar-refractivity contribution in [3.8, 4) is 0 Å². The SMILES string of the molecule is Cn1cncc1CN1CCC2(CCCC2C(=O)NCC2CC2)C1. The molecule has 1 saturated heterocycles. The molecule has 1 spiro atoms. The molecular weight excluding hydrogens is 288 g/mol. The summed E-state index contributed by atoms with van der Waals surface area (Å²) in [6.07, 6.45) is 11.1. The van der Waals surface area contributed by atoms with E-state index in [9.17, 15) is 4.79 Å². The van der Waals surface area contributed by atoms with E-state index < -0.39 is 0 Å². The number of imidazole rings is 1. The van der Waals surface area contributed by atoms with Gasteiger partial charge in [0.2, 0.25) is 5.91 Å². The number of rotatable bonds is 5. The molecule has 5 heteroatoms. The van der Waals surface area contributed by atoms with Gasteiger partial charge in [-0.15, -0.1) is 0 Å². The number of carbonyl (C=O) groups is 1. The van der Waals surface area contributed by atoms with Crippen LogP contribution in [0.25, 0.3) is 0 Å². The van der Waals surface area contributed by atoms with Crippen molar-refractivity contribution < 1.29 is 4.79 Å². The molecule has 1 amide bonds. The average molecular weight is 316 g/mol. The first-order valence-electron chi connectivity index (χ1n) is 9.12. The smallest absolute Gasteiger partial charge is 0.223 e. The predicted octanol–water partition coefficient (Wildman–Crippen LogP) is 1.94. The molecule has 3 fully saturated rings. The van der Waals surface area contributed by atoms with Gasteiger partial charge in [-0.2, -0.15) is 0 Å². The van der Waals surface area contributed by atoms with Gasteiger partial charge in [0, 0.05) is 38.8 Å². The van der Waals surface area contributed by atoms with E-state index in [0.29, 0.717) is 5.91 Å². The number of likely N-dealkylation sites (tertiary alicyclic amines) is 1. The third kappa shape index (κ3) is 3.03. The lowest BCUT2D eigenvalue weighted by Gasteiger charge is -2.30. The Balaban J connectivity index is 1.39. The summed E-state index contributed by atoms with van der Waals surface area (Å²) in [4.78, 5) is 19.4. The Morgan fingerprint density at radius 1 is 1.39 bits per heavy atom. The Morgan fingerprint density at radius 3 is 3.00 bits per heavy atom. The van der Waals surface area contributed by atoms with Crippen LogP contribution in [0, 0.1) is 17.3 Å². The molecule has 2 atom stereocenters. The van der Waals surface area contributed by atoms with E-state index >= 15 is 0 Å². The Morgan fingerprint density at radius 2 is 2.26 bits per heavy atom. The second-order valence-electron chi connectivity index (χ2n) is 7.95. The Kier molecular flexibility index (Phi) is 3.92. The van der Waals surface area contributed by atoms with E-state index in [1.54, 1.807) is 0 Å². The van der Waals surface area contributed by atoms with Crippen LogP contribution in [0.4, 0.5) is 0 Å². The van der Waals surface area contributed by atoms with Gasteiger partial charge in [0.15, 0.2) is 0 Å². The molecule has 4 rings (SSSR count). The highest BCUT2D eigenvalue weighted by atomic mass is 16.1. The number of nitrogens with zero attached hydrogens (tertiary/aromatic N) is 3. The molecule has 2 unspecified atom stereocenters. The fraction of sp³-hybridized carbons (Fsp3) is 0.778. The lowest BCUT2D eigenvalue weighted by molar-refractivity contribution is -0.128. The van der Waals surface area contributed by atoms with Gasteiger partial charge in [-0.1, -0.05) is 6.42 Å². The zero-order chi connectivity index (χ0) is 15.9. The van der Waals surface area contributed by atoms with Crippen molar-refractivity contribution in [1.29, 1.82) is 0 Å². The molecule has 23 heavy (non-hydrogen) atoms. The summed E-state index contributed by atoms with van der Waals surface area (Å²) in [5.74, 6) is 1.33. The van der Waals surface area contributed by atoms with Crippen molar-refractivity contribution in [3.05, 3.63) is 18.2 Å². The van der Waals surface area contributed by atoms with Gasteiger partial charge in [-0.3, -0.25) is 9.69 Å². The first kappa shape index (κ1) is 15.2. The lowest BCUT2D eigenvalue weighted by atomic mass is 9.76. The Hall–Kier alpha value is -1.36. The van der Waals surface area contributed by atoms with E-state index in [1.165, 1.54) is 37.8 Å². The van der Waals surface area contributed by atoms with Gasteiger partial charge >= 0.3 is 0 Å². The van der Waals surface area contributed by atoms with Gasteiger partial charge < -0.3 is 9.88 Å². The summed E-state index contributed by atoms with van der Waals surface area (Å²) < 4.78 is 2.10. The van der Waals surface area contributed by atoms with Crippen molar-refractivity contribution in [1.82, 2.24) is 19.8 Å². The van der Waals surface area contributed by atoms with E-state index in [1.807, 2.05) is 12.5 Å². The molecule has 1 aliphatic heterocycles. The summed E-state index contributed by atoms with van der Waals surface area (Å²) in [5, 5.41) is 3.24. The van der Waals surface area contributed by atoms with Crippen molar-refractivity contribution in [3.63, 3.8) is 0 Å². The van der Waals surface area contributed by atoms with E-state index in [2.05, 4.69) is 26.8 Å². The lowest BCUT2D eigenvalue weighted by Crippen LogP contribution is -2.41. The van der Waals surface area contributed by atoms with Gasteiger partial charge in [-0.05, 0) is 50.0 Å². The molecule has 5 nitrogen and oxygen atoms in total. The minimum absolute atomic E-state index is 0.228. The Bertz CT molecular complexity index is 579. The van der Waals surface area contributed by atoms with Crippen LogP contribution in [0.2, 0.25) is 0 Å². The van der Waals surface area contributed by atoms with Crippen LogP contribution in [0.3, 0.4) is 0 Å². The summed E-state index contributed by atoms with van der Waals surface area (Å²) in [6, 6.07) is 0. The largest absolute Gasteiger partial charge is 0.356 e. The van der Waals surface area contributed by atoms with Gasteiger partial charge in [-0.25, -0.2) is 4.98 Å². The normalized spacial score (nSPS) is 31.1. The van der Waals surface area contributed by atoms with Gasteiger partial charge in [0.25, 0.3) is 0 Å². The average Bonchev–Trinajstić information content (AvgIpc) is 2.94. The minimum Gasteiger partial charge on any atom is -0.356 e. The quantitative estimate of drug-likeness (QED) is 0.903. The van der Waals surface area contributed by atoms with Crippen molar-refractivity contribution in [2.45, 2.75) is 45.1 Å². The second kappa shape index (κ2) is 5.93. The number of aromatic nitrogens is 2. The van der Waals surface area contributed by atoms with Crippen LogP contribution < -0.4 is 5.32 Å². The number of carbonyl (C=O) groups excluding carboxylic acids is 1. The number of aryl methyl sites for hydroxylation is 1. The monoisotopic (exact) mass is 316 g/mol. The summed E-state index contributed by atoms with van der Waals surface area (Å²) in [6.45, 7) is 4.04. The molecule has 2 heterocycles. The highest BCUT2D eigenvalue weighted by molar-refractivity contribution is 5.80. The van der Waals surface area contributed by atoms with Crippen LogP contribution in [0.15, 0.2) is 12.5 Å². The van der Waals surface area contributed by atoms with E-state index in [0.717, 1.165) is 38.5 Å². The van der Waals surface area contributed by atoms with Crippen LogP contribution in [-0.4, -0.2) is 40.0 Å². The van der Waals surface area contributed by atoms with Crippen LogP contribution in [-0.2, 0) is 18.4 Å². The highest BCUT2D eigenvalue weighted by Gasteiger charge is 2.50. The topological polar surface area (TPSA) is 50.2 Å². The standard InChI is InChI=1S/C18H28N4O/c1-21-13-19-10-15(21)11-22-8-7-18(12-22)6-2-3-16(18)17(23)20-9-14-4-5-14/h10,13-14,16H,2-9,11-12H2,1H3,(H,20,23). The van der Waals surface area contributed by atoms with Crippen molar-refractivity contribution in [2.24, 2.45) is 24.3 Å². The van der Waals surface area contributed by atoms with E-state index in [-0.39, 0.29) is 11.3 Å². The third-order valence-corrected chi connectivity index (χ3v) is 6.25. The first-order valence-corrected chi connectivity index (χ1v) is 9.12. The number of hydrogen-bond donors (Lipinski definition) is 1. The van der Waals surface area contributed by atoms with Crippen LogP contribution >= 0.6 is 0 Å². The molecule has 2 saturated carbocycles. The summed E-state index contributed by atoms with van der Waals surface area (Å²) in [5.41, 5.74) is 1.49. The molecular formula is C18H28N4O. The maximum Gasteiger partial charge on any atom is 0.223 e. The molecule has 126 valence electrons. The molecule has 0 aromatic carbocycles. The number of nitrogens with one attached hydrogen (secondary N) is 1. The maximum atomic E-state index is 12.7. The summed E-state index contributed by atoms with van der Waals surface area (Å²) in [7, 11) is 2.05. The van der Waals surface area contributed by atoms with Gasteiger partial charge in [0.05, 0.1) is 12.0 Å². The first-order chi connectivity index (χ1) is 11.2. The fourth-order valence-corrected chi connectivity index (χ4v) is 4.61. The van der Waals surface area contributed by atoms with Crippen molar-refractivity contribution >= 4 is 5.91 Å². The highest BCUT2D eigenvalue weighted by Crippen LogP contribution is 2.50. The molecule has 3 aliphatic rings. The van der Waals surface area contributed by atoms with E-state index in [4.69, 9.17) is 0 Å². The maximum absolute atomic E-state index is 12.7. The van der Waals surface area contributed by atoms with Crippen LogP contribution in [0.1, 0.15) is 44.2 Å². The zero-order valence-corrected chi connectivity index (χ0v) is 14.1. The molecule has 1 aromatic rings. The fourth-order valence-electron chi connectivity index (χ4n) is 4.61. The third-order valence-electron chi connectivity index (χ3n) is 6.25. The predicted molar refractivity (Wildman–Crippen MR) is 88.6 cm³/mol. The minimum atomic E-state index is 0.228. The molecule has 1 aromatic heterocycles. The Labute approximate surface area is 138 Å². The summed E-state index contributed by atoms with van der Waals surface area (Å²) >= 11 is 0. The molecule has 0 radical (unpaired) electrons.